The van der Waals surface area contributed by atoms with Gasteiger partial charge in [-0.05, 0) is 5.75 Å². The van der Waals surface area contributed by atoms with Crippen molar-refractivity contribution >= 4 is 41.7 Å². The van der Waals surface area contributed by atoms with Gasteiger partial charge in [-0.25, -0.2) is 0 Å². The van der Waals surface area contributed by atoms with Crippen molar-refractivity contribution in [2.75, 3.05) is 5.75 Å². The van der Waals surface area contributed by atoms with Crippen molar-refractivity contribution in [3.05, 3.63) is 0 Å². The first kappa shape index (κ1) is 22.7. The molecular weight excluding hydrogens is 152 g/mol. The van der Waals surface area contributed by atoms with E-state index in [9.17, 15) is 0 Å². The molecule has 0 heterocycles. The van der Waals surface area contributed by atoms with E-state index in [2.05, 4.69) is 12.6 Å². The molecule has 0 aromatic heterocycles. The van der Waals surface area contributed by atoms with Crippen LogP contribution in [0.15, 0.2) is 0 Å². The Balaban J connectivity index is -0.0000000233. The number of hydrogen-bond acceptors (Lipinski definition) is 2. The Morgan fingerprint density at radius 1 is 1.67 bits per heavy atom. The van der Waals surface area contributed by atoms with Crippen molar-refractivity contribution in [3.63, 3.8) is 0 Å². The third kappa shape index (κ3) is 1230. The van der Waals surface area contributed by atoms with Crippen LogP contribution in [-0.4, -0.2) is 45.4 Å². The Morgan fingerprint density at radius 2 is 1.67 bits per heavy atom. The van der Waals surface area contributed by atoms with Gasteiger partial charge in [0.05, 0.1) is 0 Å². The van der Waals surface area contributed by atoms with Crippen LogP contribution in [0.4, 0.5) is 0 Å². The van der Waals surface area contributed by atoms with Gasteiger partial charge in [0.2, 0.25) is 0 Å². The van der Waals surface area contributed by atoms with E-state index in [0.29, 0.717) is 0 Å². The minimum Gasteiger partial charge on any atom is -0.481 e. The van der Waals surface area contributed by atoms with Crippen LogP contribution in [0.2, 0.25) is 0 Å². The molecular formula is C4H14MgO3S. The number of thiol groups is 1. The van der Waals surface area contributed by atoms with Gasteiger partial charge < -0.3 is 10.6 Å². The lowest BCUT2D eigenvalue weighted by atomic mass is 10.9. The fourth-order valence-corrected chi connectivity index (χ4v) is 0. The third-order valence-corrected chi connectivity index (χ3v) is 0. The molecule has 0 amide bonds. The van der Waals surface area contributed by atoms with Gasteiger partial charge in [-0.15, -0.1) is 0 Å². The third-order valence-electron chi connectivity index (χ3n) is 0. The molecule has 0 rings (SSSR count). The summed E-state index contributed by atoms with van der Waals surface area (Å²) in [6.45, 7) is 3.07. The predicted octanol–water partition coefficient (Wildman–Crippen LogP) is -0.714. The van der Waals surface area contributed by atoms with Crippen LogP contribution in [0.3, 0.4) is 0 Å². The number of hydrogen-bond donors (Lipinski definition) is 2. The second-order valence-electron chi connectivity index (χ2n) is 0.835. The smallest absolute Gasteiger partial charge is 0.316 e. The van der Waals surface area contributed by atoms with Gasteiger partial charge in [-0.3, -0.25) is 4.79 Å². The lowest BCUT2D eigenvalue weighted by Gasteiger charge is -1.59. The average molecular weight is 167 g/mol. The van der Waals surface area contributed by atoms with E-state index >= 15 is 0 Å². The molecule has 56 valence electrons. The summed E-state index contributed by atoms with van der Waals surface area (Å²) in [5.74, 6) is 0.111. The minimum atomic E-state index is -0.833. The molecule has 0 bridgehead atoms. The van der Waals surface area contributed by atoms with Gasteiger partial charge in [0, 0.05) is 6.92 Å². The van der Waals surface area contributed by atoms with Crippen molar-refractivity contribution in [2.24, 2.45) is 0 Å². The van der Waals surface area contributed by atoms with Gasteiger partial charge in [0.1, 0.15) is 0 Å². The van der Waals surface area contributed by atoms with Crippen LogP contribution in [0, 0.1) is 0 Å². The summed E-state index contributed by atoms with van der Waals surface area (Å²) in [7, 11) is 0. The van der Waals surface area contributed by atoms with Gasteiger partial charge in [0.25, 0.3) is 5.97 Å². The molecule has 9 heavy (non-hydrogen) atoms. The Bertz CT molecular complexity index is 47.1. The molecule has 0 saturated heterocycles. The highest BCUT2D eigenvalue weighted by atomic mass is 32.1. The summed E-state index contributed by atoms with van der Waals surface area (Å²) in [6.07, 6.45) is 0. The molecule has 0 spiro atoms. The zero-order chi connectivity index (χ0) is 6.28. The molecule has 0 unspecified atom stereocenters. The zero-order valence-electron chi connectivity index (χ0n) is 5.01. The summed E-state index contributed by atoms with van der Waals surface area (Å²) < 4.78 is 0. The molecule has 0 aromatic rings. The predicted molar refractivity (Wildman–Crippen MR) is 45.0 cm³/mol. The van der Waals surface area contributed by atoms with Crippen molar-refractivity contribution in [3.8, 4) is 0 Å². The maximum atomic E-state index is 9.00. The molecule has 0 saturated carbocycles. The first-order valence-electron chi connectivity index (χ1n) is 1.95. The highest BCUT2D eigenvalue weighted by molar-refractivity contribution is 7.80. The number of rotatable bonds is 0. The van der Waals surface area contributed by atoms with Crippen molar-refractivity contribution in [1.82, 2.24) is 0 Å². The summed E-state index contributed by atoms with van der Waals surface area (Å²) in [6, 6.07) is 0. The van der Waals surface area contributed by atoms with Crippen LogP contribution >= 0.6 is 12.6 Å². The Hall–Kier alpha value is 0.546. The molecule has 3 nitrogen and oxygen atoms in total. The monoisotopic (exact) mass is 166 g/mol. The minimum absolute atomic E-state index is 0. The quantitative estimate of drug-likeness (QED) is 0.369. The van der Waals surface area contributed by atoms with Crippen LogP contribution in [0.1, 0.15) is 13.8 Å². The fraction of sp³-hybridized carbons (Fsp3) is 0.750. The summed E-state index contributed by atoms with van der Waals surface area (Å²) >= 11 is 3.79. The van der Waals surface area contributed by atoms with Crippen molar-refractivity contribution in [2.45, 2.75) is 13.8 Å². The molecule has 0 aliphatic rings. The van der Waals surface area contributed by atoms with Crippen LogP contribution in [0.25, 0.3) is 0 Å². The van der Waals surface area contributed by atoms with Gasteiger partial charge in [-0.2, -0.15) is 12.6 Å². The maximum Gasteiger partial charge on any atom is 0.316 e. The van der Waals surface area contributed by atoms with E-state index in [4.69, 9.17) is 9.90 Å². The first-order chi connectivity index (χ1) is 3.15. The Morgan fingerprint density at radius 3 is 1.67 bits per heavy atom. The van der Waals surface area contributed by atoms with Crippen molar-refractivity contribution in [1.29, 1.82) is 0 Å². The van der Waals surface area contributed by atoms with Crippen molar-refractivity contribution < 1.29 is 15.4 Å². The van der Waals surface area contributed by atoms with E-state index < -0.39 is 5.97 Å². The standard InChI is InChI=1S/C2H4O2.C2H6S.Mg.H2O.2H/c1-2(3)4;1-2-3;;;;/h1H3,(H,3,4);3H,2H2,1H3;;1H2;;. The molecule has 0 fully saturated rings. The van der Waals surface area contributed by atoms with Gasteiger partial charge >= 0.3 is 23.1 Å². The molecule has 0 atom stereocenters. The summed E-state index contributed by atoms with van der Waals surface area (Å²) in [5, 5.41) is 7.42. The van der Waals surface area contributed by atoms with E-state index in [1.165, 1.54) is 0 Å². The van der Waals surface area contributed by atoms with E-state index in [1.807, 2.05) is 6.92 Å². The highest BCUT2D eigenvalue weighted by Gasteiger charge is 1.65. The fourth-order valence-electron chi connectivity index (χ4n) is 0. The normalized spacial score (nSPS) is 4.78. The molecule has 3 N–H and O–H groups in total. The average Bonchev–Trinajstić information content (AvgIpc) is 1.33. The lowest BCUT2D eigenvalue weighted by molar-refractivity contribution is -0.134. The summed E-state index contributed by atoms with van der Waals surface area (Å²) in [4.78, 5) is 9.00. The largest absolute Gasteiger partial charge is 0.481 e. The second-order valence-corrected chi connectivity index (χ2v) is 1.47. The SMILES string of the molecule is CC(=O)O.CCS.O.[MgH2]. The second kappa shape index (κ2) is 23.5. The van der Waals surface area contributed by atoms with Gasteiger partial charge in [0.15, 0.2) is 0 Å². The van der Waals surface area contributed by atoms with Crippen LogP contribution in [-0.2, 0) is 4.79 Å². The zero-order valence-corrected chi connectivity index (χ0v) is 5.90. The first-order valence-corrected chi connectivity index (χ1v) is 2.58. The highest BCUT2D eigenvalue weighted by Crippen LogP contribution is 1.58. The Kier molecular flexibility index (Phi) is 59.3. The number of carboxylic acids is 1. The van der Waals surface area contributed by atoms with E-state index in [-0.39, 0.29) is 28.5 Å². The summed E-state index contributed by atoms with van der Waals surface area (Å²) in [5.41, 5.74) is 0. The molecule has 0 aromatic carbocycles. The number of carboxylic acid groups (broad SMARTS) is 1. The molecule has 0 aliphatic heterocycles. The lowest BCUT2D eigenvalue weighted by Crippen LogP contribution is -1.78. The number of carbonyl (C=O) groups is 1. The Labute approximate surface area is 76.7 Å². The maximum absolute atomic E-state index is 9.00. The molecule has 0 aliphatic carbocycles. The van der Waals surface area contributed by atoms with Crippen LogP contribution < -0.4 is 0 Å². The number of aliphatic carboxylic acids is 1. The molecule has 0 radical (unpaired) electrons. The topological polar surface area (TPSA) is 68.8 Å². The van der Waals surface area contributed by atoms with E-state index in [1.54, 1.807) is 0 Å². The van der Waals surface area contributed by atoms with Gasteiger partial charge in [-0.1, -0.05) is 6.92 Å². The van der Waals surface area contributed by atoms with E-state index in [0.717, 1.165) is 12.7 Å². The van der Waals surface area contributed by atoms with Crippen LogP contribution in [0.5, 0.6) is 0 Å². The molecule has 5 heteroatoms.